The lowest BCUT2D eigenvalue weighted by molar-refractivity contribution is 0.0745. The lowest BCUT2D eigenvalue weighted by Gasteiger charge is -2.33. The second kappa shape index (κ2) is 5.32. The van der Waals surface area contributed by atoms with Gasteiger partial charge in [0.2, 0.25) is 5.89 Å². The quantitative estimate of drug-likeness (QED) is 0.825. The van der Waals surface area contributed by atoms with Gasteiger partial charge in [0.25, 0.3) is 5.91 Å². The number of aromatic nitrogens is 2. The first-order chi connectivity index (χ1) is 9.74. The number of carbonyl (C=O) groups excluding carboxylic acids is 1. The normalized spacial score (nSPS) is 15.4. The van der Waals surface area contributed by atoms with Crippen molar-refractivity contribution in [1.82, 2.24) is 15.1 Å². The predicted molar refractivity (Wildman–Crippen MR) is 73.6 cm³/mol. The lowest BCUT2D eigenvalue weighted by atomic mass is 10.2. The molecule has 2 heterocycles. The number of nitrogens with zero attached hydrogens (tertiary/aromatic N) is 4. The molecule has 3 rings (SSSR count). The Balaban J connectivity index is 1.63. The zero-order chi connectivity index (χ0) is 13.9. The van der Waals surface area contributed by atoms with Gasteiger partial charge in [0.15, 0.2) is 0 Å². The molecule has 104 valence electrons. The molecule has 0 bridgehead atoms. The number of piperazine rings is 1. The Labute approximate surface area is 117 Å². The van der Waals surface area contributed by atoms with Crippen molar-refractivity contribution in [2.75, 3.05) is 31.1 Å². The van der Waals surface area contributed by atoms with Crippen LogP contribution in [0.4, 0.5) is 6.01 Å². The fourth-order valence-corrected chi connectivity index (χ4v) is 2.28. The Morgan fingerprint density at radius 1 is 1.10 bits per heavy atom. The highest BCUT2D eigenvalue weighted by atomic mass is 16.4. The zero-order valence-corrected chi connectivity index (χ0v) is 11.3. The van der Waals surface area contributed by atoms with Crippen molar-refractivity contribution in [3.05, 3.63) is 41.8 Å². The molecule has 0 radical (unpaired) electrons. The highest BCUT2D eigenvalue weighted by molar-refractivity contribution is 5.94. The van der Waals surface area contributed by atoms with E-state index in [0.29, 0.717) is 38.1 Å². The number of rotatable bonds is 2. The van der Waals surface area contributed by atoms with Crippen molar-refractivity contribution in [2.45, 2.75) is 6.92 Å². The number of hydrogen-bond acceptors (Lipinski definition) is 5. The SMILES string of the molecule is Cc1nnc(N2CCN(C(=O)c3ccccc3)CC2)o1. The van der Waals surface area contributed by atoms with Gasteiger partial charge in [-0.3, -0.25) is 4.79 Å². The zero-order valence-electron chi connectivity index (χ0n) is 11.3. The maximum Gasteiger partial charge on any atom is 0.318 e. The molecule has 6 nitrogen and oxygen atoms in total. The molecule has 0 atom stereocenters. The molecule has 0 spiro atoms. The molecule has 0 aliphatic carbocycles. The smallest absolute Gasteiger partial charge is 0.318 e. The van der Waals surface area contributed by atoms with Crippen LogP contribution < -0.4 is 4.90 Å². The van der Waals surface area contributed by atoms with Gasteiger partial charge in [-0.15, -0.1) is 5.10 Å². The topological polar surface area (TPSA) is 62.5 Å². The van der Waals surface area contributed by atoms with Crippen LogP contribution in [0.5, 0.6) is 0 Å². The van der Waals surface area contributed by atoms with E-state index in [4.69, 9.17) is 4.42 Å². The number of aryl methyl sites for hydroxylation is 1. The van der Waals surface area contributed by atoms with Crippen LogP contribution in [0.2, 0.25) is 0 Å². The Morgan fingerprint density at radius 2 is 1.80 bits per heavy atom. The summed E-state index contributed by atoms with van der Waals surface area (Å²) in [4.78, 5) is 16.2. The van der Waals surface area contributed by atoms with Gasteiger partial charge in [0, 0.05) is 38.7 Å². The minimum atomic E-state index is 0.0759. The van der Waals surface area contributed by atoms with Gasteiger partial charge in [-0.2, -0.15) is 0 Å². The molecule has 1 saturated heterocycles. The van der Waals surface area contributed by atoms with Crippen LogP contribution in [0.25, 0.3) is 0 Å². The maximum atomic E-state index is 12.3. The van der Waals surface area contributed by atoms with Crippen molar-refractivity contribution < 1.29 is 9.21 Å². The molecule has 1 amide bonds. The van der Waals surface area contributed by atoms with Crippen LogP contribution in [0.3, 0.4) is 0 Å². The van der Waals surface area contributed by atoms with Crippen molar-refractivity contribution in [3.63, 3.8) is 0 Å². The van der Waals surface area contributed by atoms with Crippen molar-refractivity contribution in [2.24, 2.45) is 0 Å². The van der Waals surface area contributed by atoms with Crippen molar-refractivity contribution in [3.8, 4) is 0 Å². The second-order valence-electron chi connectivity index (χ2n) is 4.75. The summed E-state index contributed by atoms with van der Waals surface area (Å²) in [6, 6.07) is 9.89. The summed E-state index contributed by atoms with van der Waals surface area (Å²) < 4.78 is 5.40. The molecule has 1 fully saturated rings. The van der Waals surface area contributed by atoms with E-state index >= 15 is 0 Å². The Morgan fingerprint density at radius 3 is 2.40 bits per heavy atom. The highest BCUT2D eigenvalue weighted by Gasteiger charge is 2.24. The minimum absolute atomic E-state index is 0.0759. The van der Waals surface area contributed by atoms with E-state index in [-0.39, 0.29) is 5.91 Å². The molecular formula is C14H16N4O2. The van der Waals surface area contributed by atoms with Gasteiger partial charge >= 0.3 is 6.01 Å². The molecule has 0 N–H and O–H groups in total. The number of hydrogen-bond donors (Lipinski definition) is 0. The van der Waals surface area contributed by atoms with Gasteiger partial charge in [-0.1, -0.05) is 23.3 Å². The van der Waals surface area contributed by atoms with E-state index in [1.165, 1.54) is 0 Å². The number of anilines is 1. The summed E-state index contributed by atoms with van der Waals surface area (Å²) in [5.41, 5.74) is 0.731. The monoisotopic (exact) mass is 272 g/mol. The van der Waals surface area contributed by atoms with Crippen LogP contribution in [0, 0.1) is 6.92 Å². The van der Waals surface area contributed by atoms with Gasteiger partial charge in [-0.05, 0) is 12.1 Å². The van der Waals surface area contributed by atoms with E-state index in [9.17, 15) is 4.79 Å². The average molecular weight is 272 g/mol. The molecule has 2 aromatic rings. The van der Waals surface area contributed by atoms with Crippen LogP contribution in [-0.2, 0) is 0 Å². The largest absolute Gasteiger partial charge is 0.408 e. The Hall–Kier alpha value is -2.37. The third-order valence-electron chi connectivity index (χ3n) is 3.37. The predicted octanol–water partition coefficient (Wildman–Crippen LogP) is 1.34. The summed E-state index contributed by atoms with van der Waals surface area (Å²) in [6.07, 6.45) is 0. The summed E-state index contributed by atoms with van der Waals surface area (Å²) in [6.45, 7) is 4.51. The van der Waals surface area contributed by atoms with Crippen LogP contribution >= 0.6 is 0 Å². The summed E-state index contributed by atoms with van der Waals surface area (Å²) >= 11 is 0. The van der Waals surface area contributed by atoms with E-state index in [2.05, 4.69) is 10.2 Å². The Kier molecular flexibility index (Phi) is 3.37. The average Bonchev–Trinajstić information content (AvgIpc) is 2.94. The Bertz CT molecular complexity index is 588. The van der Waals surface area contributed by atoms with E-state index in [1.54, 1.807) is 6.92 Å². The maximum absolute atomic E-state index is 12.3. The first-order valence-corrected chi connectivity index (χ1v) is 6.63. The number of benzene rings is 1. The summed E-state index contributed by atoms with van der Waals surface area (Å²) in [5, 5.41) is 7.83. The summed E-state index contributed by atoms with van der Waals surface area (Å²) in [7, 11) is 0. The van der Waals surface area contributed by atoms with Crippen LogP contribution in [-0.4, -0.2) is 47.2 Å². The first-order valence-electron chi connectivity index (χ1n) is 6.63. The fraction of sp³-hybridized carbons (Fsp3) is 0.357. The van der Waals surface area contributed by atoms with Crippen LogP contribution in [0.1, 0.15) is 16.2 Å². The molecule has 1 aromatic carbocycles. The molecule has 1 aromatic heterocycles. The third-order valence-corrected chi connectivity index (χ3v) is 3.37. The van der Waals surface area contributed by atoms with E-state index in [1.807, 2.05) is 40.1 Å². The number of amides is 1. The fourth-order valence-electron chi connectivity index (χ4n) is 2.28. The molecule has 1 aliphatic heterocycles. The molecule has 1 aliphatic rings. The molecular weight excluding hydrogens is 256 g/mol. The van der Waals surface area contributed by atoms with Crippen molar-refractivity contribution >= 4 is 11.9 Å². The lowest BCUT2D eigenvalue weighted by Crippen LogP contribution is -2.48. The molecule has 0 unspecified atom stereocenters. The molecule has 0 saturated carbocycles. The number of carbonyl (C=O) groups is 1. The molecule has 20 heavy (non-hydrogen) atoms. The van der Waals surface area contributed by atoms with Gasteiger partial charge in [-0.25, -0.2) is 0 Å². The van der Waals surface area contributed by atoms with Crippen molar-refractivity contribution in [1.29, 1.82) is 0 Å². The molecule has 6 heteroatoms. The second-order valence-corrected chi connectivity index (χ2v) is 4.75. The van der Waals surface area contributed by atoms with Crippen LogP contribution in [0.15, 0.2) is 34.7 Å². The minimum Gasteiger partial charge on any atom is -0.408 e. The van der Waals surface area contributed by atoms with E-state index in [0.717, 1.165) is 5.56 Å². The van der Waals surface area contributed by atoms with Gasteiger partial charge < -0.3 is 14.2 Å². The first kappa shape index (κ1) is 12.7. The van der Waals surface area contributed by atoms with Gasteiger partial charge in [0.05, 0.1) is 0 Å². The highest BCUT2D eigenvalue weighted by Crippen LogP contribution is 2.15. The standard InChI is InChI=1S/C14H16N4O2/c1-11-15-16-14(20-11)18-9-7-17(8-10-18)13(19)12-5-3-2-4-6-12/h2-6H,7-10H2,1H3. The summed E-state index contributed by atoms with van der Waals surface area (Å²) in [5.74, 6) is 0.634. The van der Waals surface area contributed by atoms with Gasteiger partial charge in [0.1, 0.15) is 0 Å². The van der Waals surface area contributed by atoms with E-state index < -0.39 is 0 Å². The third kappa shape index (κ3) is 2.49.